The largest absolute Gasteiger partial charge is 0.484 e. The van der Waals surface area contributed by atoms with Gasteiger partial charge in [-0.3, -0.25) is 9.59 Å². The minimum atomic E-state index is -0.541. The number of benzene rings is 2. The number of rotatable bonds is 10. The Morgan fingerprint density at radius 3 is 2.40 bits per heavy atom. The number of ether oxygens (including phenoxy) is 1. The van der Waals surface area contributed by atoms with Crippen LogP contribution in [0.1, 0.15) is 43.4 Å². The molecule has 0 fully saturated rings. The second-order valence-corrected chi connectivity index (χ2v) is 8.28. The van der Waals surface area contributed by atoms with Gasteiger partial charge in [0.05, 0.1) is 0 Å². The summed E-state index contributed by atoms with van der Waals surface area (Å²) >= 11 is 3.46. The van der Waals surface area contributed by atoms with Crippen LogP contribution in [0.5, 0.6) is 5.75 Å². The number of amides is 2. The molecule has 2 aromatic carbocycles. The van der Waals surface area contributed by atoms with Crippen LogP contribution in [-0.2, 0) is 16.1 Å². The molecule has 0 unspecified atom stereocenters. The van der Waals surface area contributed by atoms with E-state index in [2.05, 4.69) is 21.2 Å². The Bertz CT molecular complexity index is 852. The highest BCUT2D eigenvalue weighted by molar-refractivity contribution is 9.10. The maximum atomic E-state index is 13.1. The zero-order chi connectivity index (χ0) is 22.1. The van der Waals surface area contributed by atoms with Gasteiger partial charge >= 0.3 is 0 Å². The lowest BCUT2D eigenvalue weighted by atomic mass is 10.1. The molecule has 2 amide bonds. The van der Waals surface area contributed by atoms with E-state index in [-0.39, 0.29) is 18.4 Å². The van der Waals surface area contributed by atoms with Crippen molar-refractivity contribution in [1.29, 1.82) is 0 Å². The monoisotopic (exact) mass is 474 g/mol. The van der Waals surface area contributed by atoms with Crippen molar-refractivity contribution in [2.75, 3.05) is 13.2 Å². The standard InChI is InChI=1S/C24H31BrN2O3/c1-5-13-26-24(29)22(6-2)27(15-19-9-7-17(3)8-10-19)23(28)16-30-20-11-12-21(25)18(4)14-20/h7-12,14,22H,5-6,13,15-16H2,1-4H3,(H,26,29)/t22-/m1/s1. The van der Waals surface area contributed by atoms with Crippen molar-refractivity contribution >= 4 is 27.7 Å². The van der Waals surface area contributed by atoms with Crippen LogP contribution >= 0.6 is 15.9 Å². The minimum Gasteiger partial charge on any atom is -0.484 e. The number of nitrogens with one attached hydrogen (secondary N) is 1. The van der Waals surface area contributed by atoms with E-state index in [0.717, 1.165) is 27.6 Å². The minimum absolute atomic E-state index is 0.121. The summed E-state index contributed by atoms with van der Waals surface area (Å²) in [5, 5.41) is 2.92. The molecule has 30 heavy (non-hydrogen) atoms. The molecule has 2 rings (SSSR count). The van der Waals surface area contributed by atoms with Crippen LogP contribution < -0.4 is 10.1 Å². The Kier molecular flexibility index (Phi) is 9.37. The van der Waals surface area contributed by atoms with Crippen molar-refractivity contribution in [3.05, 3.63) is 63.6 Å². The average molecular weight is 475 g/mol. The quantitative estimate of drug-likeness (QED) is 0.538. The van der Waals surface area contributed by atoms with Gasteiger partial charge in [0.1, 0.15) is 11.8 Å². The van der Waals surface area contributed by atoms with Gasteiger partial charge in [-0.1, -0.05) is 59.6 Å². The normalized spacial score (nSPS) is 11.6. The number of carbonyl (C=O) groups is 2. The summed E-state index contributed by atoms with van der Waals surface area (Å²) in [5.74, 6) is 0.289. The SMILES string of the molecule is CCCNC(=O)[C@@H](CC)N(Cc1ccc(C)cc1)C(=O)COc1ccc(Br)c(C)c1. The van der Waals surface area contributed by atoms with Gasteiger partial charge in [0.2, 0.25) is 5.91 Å². The Labute approximate surface area is 187 Å². The topological polar surface area (TPSA) is 58.6 Å². The van der Waals surface area contributed by atoms with Gasteiger partial charge in [-0.2, -0.15) is 0 Å². The average Bonchev–Trinajstić information content (AvgIpc) is 2.74. The molecular formula is C24H31BrN2O3. The summed E-state index contributed by atoms with van der Waals surface area (Å²) in [6.45, 7) is 8.75. The Morgan fingerprint density at radius 1 is 1.10 bits per heavy atom. The molecule has 0 bridgehead atoms. The van der Waals surface area contributed by atoms with Crippen molar-refractivity contribution in [2.24, 2.45) is 0 Å². The molecule has 0 saturated carbocycles. The fourth-order valence-corrected chi connectivity index (χ4v) is 3.36. The summed E-state index contributed by atoms with van der Waals surface area (Å²) in [6.07, 6.45) is 1.38. The summed E-state index contributed by atoms with van der Waals surface area (Å²) in [5.41, 5.74) is 3.16. The highest BCUT2D eigenvalue weighted by Crippen LogP contribution is 2.22. The van der Waals surface area contributed by atoms with E-state index in [1.165, 1.54) is 0 Å². The van der Waals surface area contributed by atoms with E-state index in [1.807, 2.05) is 70.2 Å². The van der Waals surface area contributed by atoms with E-state index >= 15 is 0 Å². The van der Waals surface area contributed by atoms with Crippen LogP contribution in [0, 0.1) is 13.8 Å². The predicted octanol–water partition coefficient (Wildman–Crippen LogP) is 4.78. The lowest BCUT2D eigenvalue weighted by molar-refractivity contribution is -0.143. The first-order valence-corrected chi connectivity index (χ1v) is 11.2. The number of aryl methyl sites for hydroxylation is 2. The van der Waals surface area contributed by atoms with Crippen molar-refractivity contribution in [3.8, 4) is 5.75 Å². The number of hydrogen-bond acceptors (Lipinski definition) is 3. The molecule has 162 valence electrons. The molecular weight excluding hydrogens is 444 g/mol. The van der Waals surface area contributed by atoms with Gasteiger partial charge in [0, 0.05) is 17.6 Å². The maximum Gasteiger partial charge on any atom is 0.261 e. The fraction of sp³-hybridized carbons (Fsp3) is 0.417. The Hall–Kier alpha value is -2.34. The van der Waals surface area contributed by atoms with Crippen LogP contribution in [0.4, 0.5) is 0 Å². The number of halogens is 1. The van der Waals surface area contributed by atoms with Gasteiger partial charge in [-0.15, -0.1) is 0 Å². The van der Waals surface area contributed by atoms with Crippen molar-refractivity contribution in [3.63, 3.8) is 0 Å². The highest BCUT2D eigenvalue weighted by atomic mass is 79.9. The van der Waals surface area contributed by atoms with Gasteiger partial charge in [0.25, 0.3) is 5.91 Å². The summed E-state index contributed by atoms with van der Waals surface area (Å²) in [4.78, 5) is 27.5. The Morgan fingerprint density at radius 2 is 1.80 bits per heavy atom. The van der Waals surface area contributed by atoms with Crippen molar-refractivity contribution < 1.29 is 14.3 Å². The smallest absolute Gasteiger partial charge is 0.261 e. The maximum absolute atomic E-state index is 13.1. The molecule has 0 aliphatic carbocycles. The molecule has 0 aliphatic heterocycles. The first-order valence-electron chi connectivity index (χ1n) is 10.4. The van der Waals surface area contributed by atoms with Crippen molar-refractivity contribution in [1.82, 2.24) is 10.2 Å². The van der Waals surface area contributed by atoms with Crippen LogP contribution in [-0.4, -0.2) is 35.9 Å². The van der Waals surface area contributed by atoms with Gasteiger partial charge in [0.15, 0.2) is 6.61 Å². The van der Waals surface area contributed by atoms with Crippen molar-refractivity contribution in [2.45, 2.75) is 53.1 Å². The van der Waals surface area contributed by atoms with E-state index < -0.39 is 6.04 Å². The van der Waals surface area contributed by atoms with E-state index in [4.69, 9.17) is 4.74 Å². The zero-order valence-electron chi connectivity index (χ0n) is 18.2. The summed E-state index contributed by atoms with van der Waals surface area (Å²) < 4.78 is 6.74. The van der Waals surface area contributed by atoms with E-state index in [9.17, 15) is 9.59 Å². The van der Waals surface area contributed by atoms with Gasteiger partial charge in [-0.05, 0) is 56.0 Å². The van der Waals surface area contributed by atoms with Crippen LogP contribution in [0.2, 0.25) is 0 Å². The third-order valence-electron chi connectivity index (χ3n) is 4.90. The number of nitrogens with zero attached hydrogens (tertiary/aromatic N) is 1. The Balaban J connectivity index is 2.18. The molecule has 0 spiro atoms. The highest BCUT2D eigenvalue weighted by Gasteiger charge is 2.28. The fourth-order valence-electron chi connectivity index (χ4n) is 3.11. The lowest BCUT2D eigenvalue weighted by Gasteiger charge is -2.30. The first-order chi connectivity index (χ1) is 14.3. The summed E-state index contributed by atoms with van der Waals surface area (Å²) in [7, 11) is 0. The van der Waals surface area contributed by atoms with E-state index in [1.54, 1.807) is 4.90 Å². The lowest BCUT2D eigenvalue weighted by Crippen LogP contribution is -2.50. The second kappa shape index (κ2) is 11.7. The third-order valence-corrected chi connectivity index (χ3v) is 5.79. The first kappa shape index (κ1) is 23.9. The van der Waals surface area contributed by atoms with Crippen LogP contribution in [0.15, 0.2) is 46.9 Å². The van der Waals surface area contributed by atoms with Crippen LogP contribution in [0.3, 0.4) is 0 Å². The second-order valence-electron chi connectivity index (χ2n) is 7.42. The molecule has 1 atom stereocenters. The third kappa shape index (κ3) is 6.87. The van der Waals surface area contributed by atoms with Gasteiger partial charge in [-0.25, -0.2) is 0 Å². The van der Waals surface area contributed by atoms with E-state index in [0.29, 0.717) is 25.3 Å². The molecule has 1 N–H and O–H groups in total. The molecule has 0 heterocycles. The molecule has 0 aromatic heterocycles. The predicted molar refractivity (Wildman–Crippen MR) is 123 cm³/mol. The number of carbonyl (C=O) groups excluding carboxylic acids is 2. The molecule has 5 nitrogen and oxygen atoms in total. The zero-order valence-corrected chi connectivity index (χ0v) is 19.8. The summed E-state index contributed by atoms with van der Waals surface area (Å²) in [6, 6.07) is 13.1. The number of hydrogen-bond donors (Lipinski definition) is 1. The molecule has 0 saturated heterocycles. The molecule has 0 radical (unpaired) electrons. The molecule has 0 aliphatic rings. The molecule has 6 heteroatoms. The van der Waals surface area contributed by atoms with Gasteiger partial charge < -0.3 is 15.0 Å². The van der Waals surface area contributed by atoms with Crippen LogP contribution in [0.25, 0.3) is 0 Å². The molecule has 2 aromatic rings.